The maximum absolute atomic E-state index is 5.37. The molecule has 0 saturated carbocycles. The van der Waals surface area contributed by atoms with Crippen LogP contribution in [0.15, 0.2) is 22.7 Å². The van der Waals surface area contributed by atoms with E-state index < -0.39 is 0 Å². The third-order valence-electron chi connectivity index (χ3n) is 2.49. The third kappa shape index (κ3) is 3.00. The van der Waals surface area contributed by atoms with Crippen molar-refractivity contribution in [3.05, 3.63) is 28.2 Å². The van der Waals surface area contributed by atoms with Crippen LogP contribution in [-0.2, 0) is 0 Å². The minimum Gasteiger partial charge on any atom is -0.496 e. The molecule has 0 aliphatic heterocycles. The molecule has 1 aromatic carbocycles. The summed E-state index contributed by atoms with van der Waals surface area (Å²) >= 11 is 3.47. The van der Waals surface area contributed by atoms with Crippen LogP contribution in [0.4, 0.5) is 0 Å². The van der Waals surface area contributed by atoms with Gasteiger partial charge in [0.1, 0.15) is 5.75 Å². The molecule has 1 unspecified atom stereocenters. The highest BCUT2D eigenvalue weighted by atomic mass is 79.9. The molecule has 0 heterocycles. The summed E-state index contributed by atoms with van der Waals surface area (Å²) in [7, 11) is 1.69. The van der Waals surface area contributed by atoms with E-state index in [4.69, 9.17) is 11.2 Å². The van der Waals surface area contributed by atoms with E-state index in [1.165, 1.54) is 5.56 Å². The number of terminal acetylenes is 1. The molecule has 0 aromatic heterocycles. The monoisotopic (exact) mass is 266 g/mol. The van der Waals surface area contributed by atoms with Crippen molar-refractivity contribution in [2.75, 3.05) is 7.11 Å². The van der Waals surface area contributed by atoms with E-state index in [1.807, 2.05) is 12.1 Å². The summed E-state index contributed by atoms with van der Waals surface area (Å²) in [6.07, 6.45) is 7.15. The number of halogens is 1. The molecule has 1 nitrogen and oxygen atoms in total. The van der Waals surface area contributed by atoms with Gasteiger partial charge in [-0.15, -0.1) is 12.3 Å². The van der Waals surface area contributed by atoms with E-state index in [-0.39, 0.29) is 0 Å². The fourth-order valence-electron chi connectivity index (χ4n) is 1.64. The molecule has 15 heavy (non-hydrogen) atoms. The number of ether oxygens (including phenoxy) is 1. The summed E-state index contributed by atoms with van der Waals surface area (Å²) < 4.78 is 6.40. The van der Waals surface area contributed by atoms with Gasteiger partial charge in [-0.2, -0.15) is 0 Å². The Morgan fingerprint density at radius 3 is 2.80 bits per heavy atom. The number of hydrogen-bond donors (Lipinski definition) is 0. The molecular formula is C13H15BrO. The van der Waals surface area contributed by atoms with Crippen molar-refractivity contribution in [2.24, 2.45) is 0 Å². The number of hydrogen-bond acceptors (Lipinski definition) is 1. The van der Waals surface area contributed by atoms with Crippen molar-refractivity contribution in [2.45, 2.75) is 25.7 Å². The summed E-state index contributed by atoms with van der Waals surface area (Å²) in [6.45, 7) is 2.14. The topological polar surface area (TPSA) is 9.23 Å². The molecule has 0 aliphatic carbocycles. The van der Waals surface area contributed by atoms with Gasteiger partial charge in [0, 0.05) is 10.9 Å². The predicted molar refractivity (Wildman–Crippen MR) is 67.2 cm³/mol. The van der Waals surface area contributed by atoms with Crippen molar-refractivity contribution in [1.82, 2.24) is 0 Å². The lowest BCUT2D eigenvalue weighted by Gasteiger charge is -2.16. The minimum absolute atomic E-state index is 0.377. The van der Waals surface area contributed by atoms with Crippen LogP contribution in [0.1, 0.15) is 31.2 Å². The summed E-state index contributed by atoms with van der Waals surface area (Å²) in [6, 6.07) is 6.04. The molecule has 2 heteroatoms. The summed E-state index contributed by atoms with van der Waals surface area (Å²) in [5.41, 5.74) is 1.19. The lowest BCUT2D eigenvalue weighted by Crippen LogP contribution is -1.99. The molecule has 80 valence electrons. The van der Waals surface area contributed by atoms with Crippen LogP contribution < -0.4 is 4.74 Å². The molecule has 0 radical (unpaired) electrons. The van der Waals surface area contributed by atoms with Gasteiger partial charge in [0.25, 0.3) is 0 Å². The highest BCUT2D eigenvalue weighted by Gasteiger charge is 2.13. The average Bonchev–Trinajstić information content (AvgIpc) is 2.26. The summed E-state index contributed by atoms with van der Waals surface area (Å²) in [5.74, 6) is 4.01. The van der Waals surface area contributed by atoms with Gasteiger partial charge in [0.2, 0.25) is 0 Å². The van der Waals surface area contributed by atoms with E-state index in [0.29, 0.717) is 5.92 Å². The first-order valence-corrected chi connectivity index (χ1v) is 5.79. The second-order valence-corrected chi connectivity index (χ2v) is 4.32. The molecule has 0 amide bonds. The van der Waals surface area contributed by atoms with Crippen LogP contribution in [-0.4, -0.2) is 7.11 Å². The van der Waals surface area contributed by atoms with Gasteiger partial charge in [-0.05, 0) is 36.1 Å². The van der Waals surface area contributed by atoms with Gasteiger partial charge in [-0.1, -0.05) is 22.9 Å². The second kappa shape index (κ2) is 5.82. The molecule has 0 aliphatic rings. The quantitative estimate of drug-likeness (QED) is 0.750. The first kappa shape index (κ1) is 12.1. The zero-order valence-electron chi connectivity index (χ0n) is 9.09. The molecule has 0 spiro atoms. The third-order valence-corrected chi connectivity index (χ3v) is 2.98. The molecular weight excluding hydrogens is 252 g/mol. The van der Waals surface area contributed by atoms with E-state index in [2.05, 4.69) is 34.8 Å². The van der Waals surface area contributed by atoms with Crippen molar-refractivity contribution < 1.29 is 4.74 Å². The second-order valence-electron chi connectivity index (χ2n) is 3.40. The fraction of sp³-hybridized carbons (Fsp3) is 0.385. The van der Waals surface area contributed by atoms with Gasteiger partial charge in [-0.3, -0.25) is 0 Å². The highest BCUT2D eigenvalue weighted by molar-refractivity contribution is 9.10. The maximum atomic E-state index is 5.37. The molecule has 1 atom stereocenters. The van der Waals surface area contributed by atoms with Crippen LogP contribution in [0.2, 0.25) is 0 Å². The van der Waals surface area contributed by atoms with Gasteiger partial charge < -0.3 is 4.74 Å². The van der Waals surface area contributed by atoms with E-state index in [1.54, 1.807) is 7.11 Å². The average molecular weight is 267 g/mol. The summed E-state index contributed by atoms with van der Waals surface area (Å²) in [5, 5.41) is 0. The van der Waals surface area contributed by atoms with Crippen LogP contribution in [0, 0.1) is 12.3 Å². The Labute approximate surface area is 100.0 Å². The Bertz CT molecular complexity index is 365. The van der Waals surface area contributed by atoms with E-state index in [9.17, 15) is 0 Å². The normalized spacial score (nSPS) is 11.9. The molecule has 0 fully saturated rings. The Kier molecular flexibility index (Phi) is 4.71. The van der Waals surface area contributed by atoms with E-state index >= 15 is 0 Å². The van der Waals surface area contributed by atoms with Crippen molar-refractivity contribution in [3.8, 4) is 18.1 Å². The number of rotatable bonds is 4. The zero-order valence-corrected chi connectivity index (χ0v) is 10.7. The lowest BCUT2D eigenvalue weighted by molar-refractivity contribution is 0.404. The van der Waals surface area contributed by atoms with Crippen LogP contribution in [0.3, 0.4) is 0 Å². The maximum Gasteiger partial charge on any atom is 0.122 e. The zero-order chi connectivity index (χ0) is 11.3. The Morgan fingerprint density at radius 1 is 1.53 bits per heavy atom. The highest BCUT2D eigenvalue weighted by Crippen LogP contribution is 2.33. The molecule has 1 aromatic rings. The molecule has 1 rings (SSSR count). The Hall–Kier alpha value is -0.940. The molecule has 0 saturated heterocycles. The summed E-state index contributed by atoms with van der Waals surface area (Å²) in [4.78, 5) is 0. The van der Waals surface area contributed by atoms with Gasteiger partial charge in [-0.25, -0.2) is 0 Å². The first-order valence-electron chi connectivity index (χ1n) is 4.99. The van der Waals surface area contributed by atoms with Crippen LogP contribution in [0.25, 0.3) is 0 Å². The smallest absolute Gasteiger partial charge is 0.122 e. The van der Waals surface area contributed by atoms with Crippen LogP contribution in [0.5, 0.6) is 5.75 Å². The van der Waals surface area contributed by atoms with Gasteiger partial charge in [0.15, 0.2) is 0 Å². The lowest BCUT2D eigenvalue weighted by atomic mass is 9.93. The largest absolute Gasteiger partial charge is 0.496 e. The number of benzene rings is 1. The molecule has 0 bridgehead atoms. The Morgan fingerprint density at radius 2 is 2.27 bits per heavy atom. The van der Waals surface area contributed by atoms with E-state index in [0.717, 1.165) is 23.1 Å². The Balaban J connectivity index is 3.09. The van der Waals surface area contributed by atoms with Crippen molar-refractivity contribution in [1.29, 1.82) is 0 Å². The van der Waals surface area contributed by atoms with Crippen molar-refractivity contribution >= 4 is 15.9 Å². The fourth-order valence-corrected chi connectivity index (χ4v) is 2.02. The van der Waals surface area contributed by atoms with Gasteiger partial charge >= 0.3 is 0 Å². The first-order chi connectivity index (χ1) is 7.22. The van der Waals surface area contributed by atoms with Gasteiger partial charge in [0.05, 0.1) is 7.11 Å². The van der Waals surface area contributed by atoms with Crippen LogP contribution >= 0.6 is 15.9 Å². The number of methoxy groups -OCH3 is 1. The SMILES string of the molecule is C#CCC(CC)c1cc(Br)ccc1OC. The minimum atomic E-state index is 0.377. The standard InChI is InChI=1S/C13H15BrO/c1-4-6-10(5-2)12-9-11(14)7-8-13(12)15-3/h1,7-10H,5-6H2,2-3H3. The van der Waals surface area contributed by atoms with Crippen molar-refractivity contribution in [3.63, 3.8) is 0 Å². The molecule has 0 N–H and O–H groups in total. The predicted octanol–water partition coefficient (Wildman–Crippen LogP) is 3.97.